The number of hydrogen-bond donors (Lipinski definition) is 1. The normalized spacial score (nSPS) is 21.7. The molecule has 12 heteroatoms. The molecule has 2 rings (SSSR count). The van der Waals surface area contributed by atoms with Crippen molar-refractivity contribution in [1.82, 2.24) is 9.99 Å². The van der Waals surface area contributed by atoms with Crippen LogP contribution in [0.15, 0.2) is 29.6 Å². The quantitative estimate of drug-likeness (QED) is 0.763. The van der Waals surface area contributed by atoms with E-state index in [4.69, 9.17) is 0 Å². The van der Waals surface area contributed by atoms with Crippen molar-refractivity contribution in [3.63, 3.8) is 0 Å². The molecule has 1 amide bonds. The maximum Gasteiger partial charge on any atom is 0.460 e. The van der Waals surface area contributed by atoms with E-state index < -0.39 is 47.2 Å². The molecule has 1 N–H and O–H groups in total. The highest BCUT2D eigenvalue weighted by Crippen LogP contribution is 2.51. The summed E-state index contributed by atoms with van der Waals surface area (Å²) in [5, 5.41) is 14.0. The average Bonchev–Trinajstić information content (AvgIpc) is 2.93. The Morgan fingerprint density at radius 1 is 1.14 bits per heavy atom. The van der Waals surface area contributed by atoms with E-state index in [0.29, 0.717) is 0 Å². The van der Waals surface area contributed by atoms with E-state index in [1.165, 1.54) is 39.1 Å². The third kappa shape index (κ3) is 3.23. The zero-order valence-corrected chi connectivity index (χ0v) is 14.9. The molecule has 0 unspecified atom stereocenters. The van der Waals surface area contributed by atoms with Crippen LogP contribution in [0.2, 0.25) is 0 Å². The summed E-state index contributed by atoms with van der Waals surface area (Å²) in [4.78, 5) is 16.2. The number of nitrogens with zero attached hydrogens (tertiary/aromatic N) is 3. The molecule has 0 aromatic carbocycles. The predicted octanol–water partition coefficient (Wildman–Crippen LogP) is 3.85. The molecule has 2 heterocycles. The highest BCUT2D eigenvalue weighted by atomic mass is 19.4. The molecule has 1 atom stereocenters. The van der Waals surface area contributed by atoms with Gasteiger partial charge in [0.05, 0.1) is 5.56 Å². The lowest BCUT2D eigenvalue weighted by molar-refractivity contribution is -0.336. The van der Waals surface area contributed by atoms with Gasteiger partial charge in [-0.05, 0) is 12.1 Å². The zero-order chi connectivity index (χ0) is 21.8. The number of pyridine rings is 1. The number of rotatable bonds is 3. The minimum atomic E-state index is -6.57. The van der Waals surface area contributed by atoms with Gasteiger partial charge in [0, 0.05) is 24.2 Å². The molecular formula is C16H16F7N3O2. The topological polar surface area (TPSA) is 65.8 Å². The Balaban J connectivity index is 2.58. The lowest BCUT2D eigenvalue weighted by Gasteiger charge is -2.41. The van der Waals surface area contributed by atoms with Gasteiger partial charge < -0.3 is 5.11 Å². The van der Waals surface area contributed by atoms with Crippen LogP contribution in [0.25, 0.3) is 0 Å². The Morgan fingerprint density at radius 3 is 2.14 bits per heavy atom. The van der Waals surface area contributed by atoms with Crippen LogP contribution in [0.1, 0.15) is 37.6 Å². The van der Waals surface area contributed by atoms with Crippen LogP contribution in [-0.4, -0.2) is 50.5 Å². The molecule has 0 saturated carbocycles. The Labute approximate surface area is 154 Å². The summed E-state index contributed by atoms with van der Waals surface area (Å²) in [6, 6.07) is 2.49. The van der Waals surface area contributed by atoms with E-state index in [2.05, 4.69) is 10.1 Å². The molecule has 0 fully saturated rings. The molecule has 1 aliphatic heterocycles. The third-order valence-electron chi connectivity index (χ3n) is 4.40. The fraction of sp³-hybridized carbons (Fsp3) is 0.562. The number of alkyl halides is 7. The van der Waals surface area contributed by atoms with Crippen molar-refractivity contribution >= 4 is 11.6 Å². The number of aliphatic hydroxyl groups is 1. The van der Waals surface area contributed by atoms with Crippen molar-refractivity contribution in [1.29, 1.82) is 0 Å². The Morgan fingerprint density at radius 2 is 1.71 bits per heavy atom. The molecule has 156 valence electrons. The van der Waals surface area contributed by atoms with Crippen LogP contribution in [-0.2, 0) is 0 Å². The van der Waals surface area contributed by atoms with Gasteiger partial charge in [-0.2, -0.15) is 40.8 Å². The van der Waals surface area contributed by atoms with E-state index in [9.17, 15) is 40.6 Å². The van der Waals surface area contributed by atoms with E-state index in [0.717, 1.165) is 6.20 Å². The van der Waals surface area contributed by atoms with Gasteiger partial charge in [0.1, 0.15) is 5.71 Å². The maximum atomic E-state index is 14.1. The molecular weight excluding hydrogens is 399 g/mol. The SMILES string of the molecule is CC(C)(C)[C@]1(O)CC(C(F)(F)C(F)(F)C(F)(F)F)=NN1C(=O)c1cccnc1. The van der Waals surface area contributed by atoms with Crippen molar-refractivity contribution in [2.45, 2.75) is 50.9 Å². The smallest absolute Gasteiger partial charge is 0.368 e. The molecule has 0 aliphatic carbocycles. The lowest BCUT2D eigenvalue weighted by atomic mass is 9.79. The van der Waals surface area contributed by atoms with E-state index in [1.54, 1.807) is 0 Å². The summed E-state index contributed by atoms with van der Waals surface area (Å²) in [6.45, 7) is 3.86. The minimum Gasteiger partial charge on any atom is -0.368 e. The number of carbonyl (C=O) groups is 1. The van der Waals surface area contributed by atoms with E-state index in [-0.39, 0.29) is 10.6 Å². The molecule has 0 saturated heterocycles. The second-order valence-corrected chi connectivity index (χ2v) is 7.30. The predicted molar refractivity (Wildman–Crippen MR) is 82.8 cm³/mol. The van der Waals surface area contributed by atoms with Crippen molar-refractivity contribution in [2.24, 2.45) is 10.5 Å². The van der Waals surface area contributed by atoms with Gasteiger partial charge >= 0.3 is 18.0 Å². The summed E-state index contributed by atoms with van der Waals surface area (Å²) < 4.78 is 92.5. The number of halogens is 7. The summed E-state index contributed by atoms with van der Waals surface area (Å²) >= 11 is 0. The number of carbonyl (C=O) groups excluding carboxylic acids is 1. The summed E-state index contributed by atoms with van der Waals surface area (Å²) in [5.74, 6) is -13.4. The second kappa shape index (κ2) is 6.39. The van der Waals surface area contributed by atoms with Gasteiger partial charge in [0.15, 0.2) is 5.72 Å². The van der Waals surface area contributed by atoms with Gasteiger partial charge in [0.25, 0.3) is 5.91 Å². The standard InChI is InChI=1S/C16H16F7N3O2/c1-12(2,3)13(28)7-10(14(17,18)15(19,20)16(21,22)23)25-26(13)11(27)9-5-4-6-24-8-9/h4-6,8,28H,7H2,1-3H3/t13-/m1/s1. The Bertz CT molecular complexity index is 788. The summed E-state index contributed by atoms with van der Waals surface area (Å²) in [5.41, 5.74) is -6.20. The molecule has 1 aromatic rings. The fourth-order valence-corrected chi connectivity index (χ4v) is 2.49. The largest absolute Gasteiger partial charge is 0.460 e. The maximum absolute atomic E-state index is 14.1. The summed E-state index contributed by atoms with van der Waals surface area (Å²) in [7, 11) is 0. The van der Waals surface area contributed by atoms with Crippen LogP contribution in [0.3, 0.4) is 0 Å². The second-order valence-electron chi connectivity index (χ2n) is 7.30. The van der Waals surface area contributed by atoms with E-state index >= 15 is 0 Å². The van der Waals surface area contributed by atoms with Crippen LogP contribution in [0.5, 0.6) is 0 Å². The van der Waals surface area contributed by atoms with Gasteiger partial charge in [0.2, 0.25) is 0 Å². The van der Waals surface area contributed by atoms with Crippen molar-refractivity contribution < 1.29 is 40.6 Å². The number of hydrogen-bond acceptors (Lipinski definition) is 4. The third-order valence-corrected chi connectivity index (χ3v) is 4.40. The molecule has 0 spiro atoms. The van der Waals surface area contributed by atoms with Crippen molar-refractivity contribution in [3.05, 3.63) is 30.1 Å². The number of aromatic nitrogens is 1. The highest BCUT2D eigenvalue weighted by Gasteiger charge is 2.76. The van der Waals surface area contributed by atoms with Gasteiger partial charge in [-0.15, -0.1) is 0 Å². The van der Waals surface area contributed by atoms with Gasteiger partial charge in [-0.3, -0.25) is 9.78 Å². The molecule has 1 aromatic heterocycles. The molecule has 0 radical (unpaired) electrons. The molecule has 28 heavy (non-hydrogen) atoms. The van der Waals surface area contributed by atoms with Crippen LogP contribution in [0, 0.1) is 5.41 Å². The molecule has 5 nitrogen and oxygen atoms in total. The van der Waals surface area contributed by atoms with Crippen LogP contribution >= 0.6 is 0 Å². The first-order valence-corrected chi connectivity index (χ1v) is 7.84. The minimum absolute atomic E-state index is 0.111. The Kier molecular flexibility index (Phi) is 5.04. The Hall–Kier alpha value is -2.24. The van der Waals surface area contributed by atoms with Crippen LogP contribution < -0.4 is 0 Å². The molecule has 0 bridgehead atoms. The number of amides is 1. The number of hydrazone groups is 1. The molecule has 1 aliphatic rings. The first-order chi connectivity index (χ1) is 12.5. The lowest BCUT2D eigenvalue weighted by Crippen LogP contribution is -2.58. The first-order valence-electron chi connectivity index (χ1n) is 7.84. The first kappa shape index (κ1) is 22.1. The monoisotopic (exact) mass is 415 g/mol. The van der Waals surface area contributed by atoms with E-state index in [1.807, 2.05) is 0 Å². The average molecular weight is 415 g/mol. The van der Waals surface area contributed by atoms with Crippen LogP contribution in [0.4, 0.5) is 30.7 Å². The van der Waals surface area contributed by atoms with Gasteiger partial charge in [-0.1, -0.05) is 20.8 Å². The zero-order valence-electron chi connectivity index (χ0n) is 14.9. The fourth-order valence-electron chi connectivity index (χ4n) is 2.49. The highest BCUT2D eigenvalue weighted by molar-refractivity contribution is 6.00. The van der Waals surface area contributed by atoms with Crippen molar-refractivity contribution in [3.8, 4) is 0 Å². The van der Waals surface area contributed by atoms with Crippen molar-refractivity contribution in [2.75, 3.05) is 0 Å². The van der Waals surface area contributed by atoms with Gasteiger partial charge in [-0.25, -0.2) is 0 Å². The summed E-state index contributed by atoms with van der Waals surface area (Å²) in [6.07, 6.45) is -5.69.